The number of carbonyl (C=O) groups is 2. The largest absolute Gasteiger partial charge is 0.493 e. The summed E-state index contributed by atoms with van der Waals surface area (Å²) in [6, 6.07) is 0. The van der Waals surface area contributed by atoms with Gasteiger partial charge in [0.05, 0.1) is 18.8 Å². The molecule has 4 aliphatic rings. The van der Waals surface area contributed by atoms with E-state index in [4.69, 9.17) is 18.9 Å². The van der Waals surface area contributed by atoms with E-state index < -0.39 is 58.8 Å². The quantitative estimate of drug-likeness (QED) is 0.624. The Morgan fingerprint density at radius 1 is 1.22 bits per heavy atom. The van der Waals surface area contributed by atoms with E-state index in [2.05, 4.69) is 0 Å². The highest BCUT2D eigenvalue weighted by Crippen LogP contribution is 2.69. The fourth-order valence-electron chi connectivity index (χ4n) is 8.04. The molecule has 3 aliphatic carbocycles. The van der Waals surface area contributed by atoms with Crippen molar-refractivity contribution in [1.29, 1.82) is 0 Å². The number of rotatable bonds is 3. The van der Waals surface area contributed by atoms with Gasteiger partial charge in [0.2, 0.25) is 5.78 Å². The molecule has 0 radical (unpaired) electrons. The minimum Gasteiger partial charge on any atom is -0.493 e. The predicted molar refractivity (Wildman–Crippen MR) is 113 cm³/mol. The monoisotopic (exact) mass is 452 g/mol. The maximum Gasteiger partial charge on any atom is 0.303 e. The van der Waals surface area contributed by atoms with Crippen molar-refractivity contribution in [1.82, 2.24) is 0 Å². The van der Waals surface area contributed by atoms with E-state index in [-0.39, 0.29) is 24.0 Å². The first-order chi connectivity index (χ1) is 14.8. The van der Waals surface area contributed by atoms with Crippen molar-refractivity contribution in [3.05, 3.63) is 11.8 Å². The second-order valence-corrected chi connectivity index (χ2v) is 10.7. The minimum absolute atomic E-state index is 0.000251. The van der Waals surface area contributed by atoms with Crippen LogP contribution in [0, 0.1) is 34.5 Å². The number of hydrogen-bond acceptors (Lipinski definition) is 8. The maximum absolute atomic E-state index is 13.9. The molecule has 1 aliphatic heterocycles. The van der Waals surface area contributed by atoms with Crippen LogP contribution in [0.3, 0.4) is 0 Å². The molecule has 11 atom stereocenters. The highest BCUT2D eigenvalue weighted by Gasteiger charge is 2.76. The summed E-state index contributed by atoms with van der Waals surface area (Å²) in [5.41, 5.74) is -3.12. The predicted octanol–water partition coefficient (Wildman–Crippen LogP) is 1.82. The van der Waals surface area contributed by atoms with Crippen molar-refractivity contribution in [2.75, 3.05) is 14.2 Å². The van der Waals surface area contributed by atoms with Crippen LogP contribution in [0.2, 0.25) is 0 Å². The van der Waals surface area contributed by atoms with Crippen LogP contribution in [0.15, 0.2) is 11.8 Å². The molecule has 8 heteroatoms. The zero-order valence-corrected chi connectivity index (χ0v) is 20.0. The lowest BCUT2D eigenvalue weighted by Crippen LogP contribution is -2.78. The third-order valence-corrected chi connectivity index (χ3v) is 9.20. The lowest BCUT2D eigenvalue weighted by atomic mass is 9.37. The average molecular weight is 453 g/mol. The van der Waals surface area contributed by atoms with Gasteiger partial charge in [0, 0.05) is 43.1 Å². The van der Waals surface area contributed by atoms with E-state index in [0.29, 0.717) is 12.2 Å². The molecule has 1 saturated heterocycles. The number of esters is 1. The summed E-state index contributed by atoms with van der Waals surface area (Å²) < 4.78 is 23.2. The average Bonchev–Trinajstić information content (AvgIpc) is 2.69. The van der Waals surface area contributed by atoms with E-state index in [9.17, 15) is 19.8 Å². The molecule has 8 nitrogen and oxygen atoms in total. The Balaban J connectivity index is 1.99. The van der Waals surface area contributed by atoms with Gasteiger partial charge >= 0.3 is 5.97 Å². The molecule has 0 aromatic rings. The molecule has 0 spiro atoms. The number of allylic oxidation sites excluding steroid dienone is 2. The first-order valence-electron chi connectivity index (χ1n) is 11.4. The van der Waals surface area contributed by atoms with E-state index in [1.807, 2.05) is 26.8 Å². The molecule has 4 rings (SSSR count). The summed E-state index contributed by atoms with van der Waals surface area (Å²) in [7, 11) is 2.96. The van der Waals surface area contributed by atoms with E-state index >= 15 is 0 Å². The van der Waals surface area contributed by atoms with Crippen molar-refractivity contribution < 1.29 is 38.7 Å². The van der Waals surface area contributed by atoms with Crippen LogP contribution in [0.1, 0.15) is 47.5 Å². The van der Waals surface area contributed by atoms with Crippen LogP contribution in [0.25, 0.3) is 0 Å². The normalized spacial score (nSPS) is 52.4. The number of hydrogen-bond donors (Lipinski definition) is 2. The van der Waals surface area contributed by atoms with Gasteiger partial charge < -0.3 is 29.2 Å². The summed E-state index contributed by atoms with van der Waals surface area (Å²) in [6.45, 7) is 8.96. The molecule has 0 unspecified atom stereocenters. The zero-order chi connectivity index (χ0) is 23.8. The van der Waals surface area contributed by atoms with Gasteiger partial charge in [-0.1, -0.05) is 20.8 Å². The number of carbonyl (C=O) groups excluding carboxylic acids is 2. The molecule has 0 bridgehead atoms. The van der Waals surface area contributed by atoms with Gasteiger partial charge in [-0.05, 0) is 31.3 Å². The van der Waals surface area contributed by atoms with Crippen LogP contribution in [-0.2, 0) is 28.5 Å². The topological polar surface area (TPSA) is 112 Å². The second-order valence-electron chi connectivity index (χ2n) is 10.7. The fourth-order valence-corrected chi connectivity index (χ4v) is 8.04. The Bertz CT molecular complexity index is 836. The summed E-state index contributed by atoms with van der Waals surface area (Å²) in [5.74, 6) is -1.41. The minimum atomic E-state index is -1.42. The molecular formula is C24H36O8. The molecule has 3 fully saturated rings. The lowest BCUT2D eigenvalue weighted by molar-refractivity contribution is -0.355. The SMILES string of the molecule is COC1=C[C@@H](C)[C@@H]2C[C@@H]3O[C@H](O)C[C@H]4[C@](C)(O)[C@H](OC)[C@@H](OC(C)=O)[C@H]([C@@]2(C)C1=O)[C@@]34C. The molecule has 32 heavy (non-hydrogen) atoms. The Kier molecular flexibility index (Phi) is 5.56. The number of aliphatic hydroxyl groups excluding tert-OH is 1. The van der Waals surface area contributed by atoms with Crippen molar-refractivity contribution in [2.45, 2.75) is 77.7 Å². The number of ketones is 1. The Labute approximate surface area is 189 Å². The van der Waals surface area contributed by atoms with E-state index in [0.717, 1.165) is 0 Å². The van der Waals surface area contributed by atoms with Crippen LogP contribution in [-0.4, -0.2) is 66.4 Å². The molecule has 1 heterocycles. The fraction of sp³-hybridized carbons (Fsp3) is 0.833. The zero-order valence-electron chi connectivity index (χ0n) is 20.0. The van der Waals surface area contributed by atoms with Gasteiger partial charge in [0.15, 0.2) is 12.0 Å². The first-order valence-corrected chi connectivity index (χ1v) is 11.4. The van der Waals surface area contributed by atoms with Crippen molar-refractivity contribution in [2.24, 2.45) is 34.5 Å². The number of Topliss-reactive ketones (excluding diaryl/α,β-unsaturated/α-hetero) is 1. The Morgan fingerprint density at radius 3 is 2.44 bits per heavy atom. The smallest absolute Gasteiger partial charge is 0.303 e. The van der Waals surface area contributed by atoms with Gasteiger partial charge in [-0.2, -0.15) is 0 Å². The summed E-state index contributed by atoms with van der Waals surface area (Å²) in [5, 5.41) is 22.3. The molecule has 2 N–H and O–H groups in total. The molecule has 0 amide bonds. The first kappa shape index (κ1) is 23.7. The standard InChI is InChI=1S/C24H36O8/c1-11-8-14(29-6)20(27)22(3)13(11)9-16-23(4)15(10-17(26)32-16)24(5,28)21(30-7)18(19(22)23)31-12(2)25/h8,11,13,15-19,21,26,28H,9-10H2,1-7H3/t11-,13+,15-,16+,17+,18+,19-,21-,22+,23-,24+/m1/s1. The molecule has 2 saturated carbocycles. The molecule has 0 aromatic carbocycles. The third-order valence-electron chi connectivity index (χ3n) is 9.20. The van der Waals surface area contributed by atoms with Gasteiger partial charge in [-0.25, -0.2) is 0 Å². The summed E-state index contributed by atoms with van der Waals surface area (Å²) in [6.07, 6.45) is -0.627. The maximum atomic E-state index is 13.9. The Morgan fingerprint density at radius 2 is 1.88 bits per heavy atom. The number of ether oxygens (including phenoxy) is 4. The van der Waals surface area contributed by atoms with Crippen molar-refractivity contribution in [3.63, 3.8) is 0 Å². The number of fused-ring (bicyclic) bond motifs is 2. The lowest BCUT2D eigenvalue weighted by Gasteiger charge is -2.70. The van der Waals surface area contributed by atoms with Crippen LogP contribution in [0.5, 0.6) is 0 Å². The van der Waals surface area contributed by atoms with Gasteiger partial charge in [0.25, 0.3) is 0 Å². The van der Waals surface area contributed by atoms with Gasteiger partial charge in [0.1, 0.15) is 12.2 Å². The summed E-state index contributed by atoms with van der Waals surface area (Å²) >= 11 is 0. The molecular weight excluding hydrogens is 416 g/mol. The second kappa shape index (κ2) is 7.52. The van der Waals surface area contributed by atoms with Crippen molar-refractivity contribution >= 4 is 11.8 Å². The highest BCUT2D eigenvalue weighted by atomic mass is 16.6. The highest BCUT2D eigenvalue weighted by molar-refractivity contribution is 5.99. The van der Waals surface area contributed by atoms with Crippen LogP contribution >= 0.6 is 0 Å². The van der Waals surface area contributed by atoms with Gasteiger partial charge in [-0.15, -0.1) is 0 Å². The number of methoxy groups -OCH3 is 2. The van der Waals surface area contributed by atoms with Crippen LogP contribution < -0.4 is 0 Å². The van der Waals surface area contributed by atoms with E-state index in [1.165, 1.54) is 21.1 Å². The third kappa shape index (κ3) is 2.89. The van der Waals surface area contributed by atoms with Gasteiger partial charge in [-0.3, -0.25) is 9.59 Å². The molecule has 0 aromatic heterocycles. The Hall–Kier alpha value is -1.48. The van der Waals surface area contributed by atoms with Crippen LogP contribution in [0.4, 0.5) is 0 Å². The summed E-state index contributed by atoms with van der Waals surface area (Å²) in [4.78, 5) is 26.1. The number of aliphatic hydroxyl groups is 2. The molecule has 180 valence electrons. The van der Waals surface area contributed by atoms with E-state index in [1.54, 1.807) is 6.92 Å². The van der Waals surface area contributed by atoms with Crippen molar-refractivity contribution in [3.8, 4) is 0 Å².